The van der Waals surface area contributed by atoms with Gasteiger partial charge in [-0.1, -0.05) is 12.1 Å². The van der Waals surface area contributed by atoms with Gasteiger partial charge in [-0.05, 0) is 44.4 Å². The van der Waals surface area contributed by atoms with Crippen molar-refractivity contribution in [1.29, 1.82) is 0 Å². The molecule has 16 heavy (non-hydrogen) atoms. The highest BCUT2D eigenvalue weighted by Crippen LogP contribution is 2.30. The lowest BCUT2D eigenvalue weighted by atomic mass is 9.98. The number of halogens is 1. The maximum atomic E-state index is 12.8. The van der Waals surface area contributed by atoms with Gasteiger partial charge in [-0.25, -0.2) is 4.39 Å². The third-order valence-electron chi connectivity index (χ3n) is 3.27. The molecule has 1 aromatic rings. The molecule has 0 radical (unpaired) electrons. The van der Waals surface area contributed by atoms with Crippen molar-refractivity contribution >= 4 is 0 Å². The van der Waals surface area contributed by atoms with Crippen molar-refractivity contribution in [2.75, 3.05) is 0 Å². The van der Waals surface area contributed by atoms with Gasteiger partial charge in [0.2, 0.25) is 0 Å². The van der Waals surface area contributed by atoms with Gasteiger partial charge >= 0.3 is 0 Å². The molecule has 2 atom stereocenters. The van der Waals surface area contributed by atoms with Crippen LogP contribution in [0, 0.1) is 5.82 Å². The highest BCUT2D eigenvalue weighted by Gasteiger charge is 2.34. The molecule has 1 aliphatic heterocycles. The molecule has 88 valence electrons. The number of hydrogen-bond donors (Lipinski definition) is 2. The Balaban J connectivity index is 2.06. The molecule has 1 aromatic carbocycles. The van der Waals surface area contributed by atoms with E-state index >= 15 is 0 Å². The lowest BCUT2D eigenvalue weighted by Crippen LogP contribution is -2.43. The molecule has 0 aromatic heterocycles. The molecule has 0 saturated carbocycles. The quantitative estimate of drug-likeness (QED) is 0.807. The smallest absolute Gasteiger partial charge is 0.123 e. The van der Waals surface area contributed by atoms with Crippen LogP contribution >= 0.6 is 0 Å². The van der Waals surface area contributed by atoms with Gasteiger partial charge in [0.25, 0.3) is 0 Å². The van der Waals surface area contributed by atoms with Crippen molar-refractivity contribution in [3.05, 3.63) is 35.6 Å². The van der Waals surface area contributed by atoms with E-state index in [2.05, 4.69) is 5.32 Å². The fraction of sp³-hybridized carbons (Fsp3) is 0.538. The average molecular weight is 223 g/mol. The van der Waals surface area contributed by atoms with Crippen LogP contribution < -0.4 is 5.32 Å². The van der Waals surface area contributed by atoms with E-state index in [4.69, 9.17) is 0 Å². The summed E-state index contributed by atoms with van der Waals surface area (Å²) < 4.78 is 12.8. The fourth-order valence-electron chi connectivity index (χ4n) is 2.26. The summed E-state index contributed by atoms with van der Waals surface area (Å²) in [6.07, 6.45) is 1.94. The van der Waals surface area contributed by atoms with E-state index in [-0.39, 0.29) is 17.9 Å². The minimum Gasteiger partial charge on any atom is -0.389 e. The van der Waals surface area contributed by atoms with Gasteiger partial charge in [0, 0.05) is 12.1 Å². The van der Waals surface area contributed by atoms with E-state index in [0.29, 0.717) is 0 Å². The second-order valence-corrected chi connectivity index (χ2v) is 5.05. The molecular formula is C13H18FNO. The van der Waals surface area contributed by atoms with E-state index in [1.165, 1.54) is 12.1 Å². The number of rotatable bonds is 2. The lowest BCUT2D eigenvalue weighted by Gasteiger charge is -2.26. The Kier molecular flexibility index (Phi) is 3.00. The topological polar surface area (TPSA) is 32.3 Å². The molecule has 1 aliphatic rings. The normalized spacial score (nSPS) is 26.0. The molecule has 2 rings (SSSR count). The highest BCUT2D eigenvalue weighted by molar-refractivity contribution is 5.21. The van der Waals surface area contributed by atoms with Gasteiger partial charge in [-0.15, -0.1) is 0 Å². The summed E-state index contributed by atoms with van der Waals surface area (Å²) in [6.45, 7) is 3.63. The van der Waals surface area contributed by atoms with Crippen LogP contribution in [0.3, 0.4) is 0 Å². The second kappa shape index (κ2) is 4.15. The molecule has 1 heterocycles. The number of hydrogen-bond acceptors (Lipinski definition) is 2. The average Bonchev–Trinajstić information content (AvgIpc) is 2.67. The molecule has 0 aliphatic carbocycles. The van der Waals surface area contributed by atoms with Crippen LogP contribution in [0.5, 0.6) is 0 Å². The first kappa shape index (κ1) is 11.6. The molecule has 0 bridgehead atoms. The molecule has 3 heteroatoms. The highest BCUT2D eigenvalue weighted by atomic mass is 19.1. The maximum Gasteiger partial charge on any atom is 0.123 e. The molecule has 0 amide bonds. The van der Waals surface area contributed by atoms with Gasteiger partial charge in [-0.2, -0.15) is 0 Å². The summed E-state index contributed by atoms with van der Waals surface area (Å²) in [6, 6.07) is 6.92. The van der Waals surface area contributed by atoms with Crippen LogP contribution in [0.2, 0.25) is 0 Å². The molecule has 1 saturated heterocycles. The zero-order chi connectivity index (χ0) is 11.8. The number of benzene rings is 1. The Hall–Kier alpha value is -0.930. The zero-order valence-electron chi connectivity index (χ0n) is 9.70. The van der Waals surface area contributed by atoms with Crippen molar-refractivity contribution in [1.82, 2.24) is 5.32 Å². The Labute approximate surface area is 95.5 Å². The summed E-state index contributed by atoms with van der Waals surface area (Å²) in [5, 5.41) is 13.3. The lowest BCUT2D eigenvalue weighted by molar-refractivity contribution is 0.0432. The minimum atomic E-state index is -0.700. The number of nitrogens with one attached hydrogen (secondary N) is 1. The largest absolute Gasteiger partial charge is 0.389 e. The van der Waals surface area contributed by atoms with Crippen LogP contribution in [-0.4, -0.2) is 16.7 Å². The Morgan fingerprint density at radius 3 is 2.38 bits per heavy atom. The molecule has 2 N–H and O–H groups in total. The molecule has 0 unspecified atom stereocenters. The van der Waals surface area contributed by atoms with E-state index in [1.54, 1.807) is 12.1 Å². The second-order valence-electron chi connectivity index (χ2n) is 5.05. The van der Waals surface area contributed by atoms with Crippen molar-refractivity contribution in [2.24, 2.45) is 0 Å². The van der Waals surface area contributed by atoms with Gasteiger partial charge in [0.15, 0.2) is 0 Å². The molecule has 1 fully saturated rings. The Morgan fingerprint density at radius 1 is 1.25 bits per heavy atom. The first-order chi connectivity index (χ1) is 7.47. The first-order valence-electron chi connectivity index (χ1n) is 5.71. The zero-order valence-corrected chi connectivity index (χ0v) is 9.70. The summed E-state index contributed by atoms with van der Waals surface area (Å²) in [5.74, 6) is -0.208. The summed E-state index contributed by atoms with van der Waals surface area (Å²) in [4.78, 5) is 0. The van der Waals surface area contributed by atoms with E-state index in [1.807, 2.05) is 13.8 Å². The van der Waals surface area contributed by atoms with Crippen molar-refractivity contribution in [3.8, 4) is 0 Å². The summed E-state index contributed by atoms with van der Waals surface area (Å²) >= 11 is 0. The van der Waals surface area contributed by atoms with Crippen molar-refractivity contribution < 1.29 is 9.50 Å². The van der Waals surface area contributed by atoms with Gasteiger partial charge < -0.3 is 10.4 Å². The van der Waals surface area contributed by atoms with Gasteiger partial charge in [0.05, 0.1) is 5.60 Å². The van der Waals surface area contributed by atoms with E-state index < -0.39 is 5.60 Å². The van der Waals surface area contributed by atoms with Crippen LogP contribution in [0.15, 0.2) is 24.3 Å². The van der Waals surface area contributed by atoms with Crippen LogP contribution in [0.25, 0.3) is 0 Å². The monoisotopic (exact) mass is 223 g/mol. The predicted molar refractivity (Wildman–Crippen MR) is 61.6 cm³/mol. The molecule has 0 spiro atoms. The van der Waals surface area contributed by atoms with Crippen LogP contribution in [0.4, 0.5) is 4.39 Å². The fourth-order valence-corrected chi connectivity index (χ4v) is 2.26. The van der Waals surface area contributed by atoms with E-state index in [9.17, 15) is 9.50 Å². The standard InChI is InChI=1S/C13H18FNO/c1-13(2,16)12-8-7-11(15-12)9-3-5-10(14)6-4-9/h3-6,11-12,15-16H,7-8H2,1-2H3/t11-,12+/m0/s1. The third kappa shape index (κ3) is 2.42. The number of aliphatic hydroxyl groups is 1. The third-order valence-corrected chi connectivity index (χ3v) is 3.27. The van der Waals surface area contributed by atoms with Crippen molar-refractivity contribution in [3.63, 3.8) is 0 Å². The van der Waals surface area contributed by atoms with Gasteiger partial charge in [-0.3, -0.25) is 0 Å². The first-order valence-corrected chi connectivity index (χ1v) is 5.71. The molecular weight excluding hydrogens is 205 g/mol. The Morgan fingerprint density at radius 2 is 1.88 bits per heavy atom. The Bertz CT molecular complexity index is 355. The molecule has 2 nitrogen and oxygen atoms in total. The van der Waals surface area contributed by atoms with Gasteiger partial charge in [0.1, 0.15) is 5.82 Å². The van der Waals surface area contributed by atoms with E-state index in [0.717, 1.165) is 18.4 Å². The van der Waals surface area contributed by atoms with Crippen LogP contribution in [-0.2, 0) is 0 Å². The predicted octanol–water partition coefficient (Wildman–Crippen LogP) is 2.39. The SMILES string of the molecule is CC(C)(O)[C@H]1CC[C@@H](c2ccc(F)cc2)N1. The van der Waals surface area contributed by atoms with Crippen molar-refractivity contribution in [2.45, 2.75) is 44.4 Å². The summed E-state index contributed by atoms with van der Waals surface area (Å²) in [5.41, 5.74) is 0.391. The summed E-state index contributed by atoms with van der Waals surface area (Å²) in [7, 11) is 0. The van der Waals surface area contributed by atoms with Crippen LogP contribution in [0.1, 0.15) is 38.3 Å². The minimum absolute atomic E-state index is 0.113. The maximum absolute atomic E-state index is 12.8.